The predicted octanol–water partition coefficient (Wildman–Crippen LogP) is 2.78. The van der Waals surface area contributed by atoms with Gasteiger partial charge in [0.2, 0.25) is 5.91 Å². The van der Waals surface area contributed by atoms with E-state index in [1.165, 1.54) is 12.1 Å². The lowest BCUT2D eigenvalue weighted by molar-refractivity contribution is -0.119. The van der Waals surface area contributed by atoms with Gasteiger partial charge in [-0.2, -0.15) is 0 Å². The number of halogens is 1. The number of hydrazine groups is 1. The fourth-order valence-electron chi connectivity index (χ4n) is 3.10. The summed E-state index contributed by atoms with van der Waals surface area (Å²) in [5.74, 6) is -0.709. The van der Waals surface area contributed by atoms with Crippen LogP contribution in [0.5, 0.6) is 0 Å². The van der Waals surface area contributed by atoms with E-state index in [-0.39, 0.29) is 23.7 Å². The number of nitrogens with one attached hydrogen (secondary N) is 3. The van der Waals surface area contributed by atoms with Gasteiger partial charge >= 0.3 is 0 Å². The van der Waals surface area contributed by atoms with Crippen LogP contribution >= 0.6 is 0 Å². The summed E-state index contributed by atoms with van der Waals surface area (Å²) in [6.07, 6.45) is 1.66. The molecule has 1 saturated heterocycles. The molecule has 1 amide bonds. The van der Waals surface area contributed by atoms with Crippen molar-refractivity contribution in [2.45, 2.75) is 6.04 Å². The van der Waals surface area contributed by atoms with Crippen molar-refractivity contribution in [2.24, 2.45) is 5.92 Å². The van der Waals surface area contributed by atoms with E-state index in [1.54, 1.807) is 18.3 Å². The van der Waals surface area contributed by atoms with Gasteiger partial charge in [0.15, 0.2) is 0 Å². The molecule has 1 aromatic heterocycles. The second-order valence-corrected chi connectivity index (χ2v) is 6.07. The zero-order valence-electron chi connectivity index (χ0n) is 13.4. The average Bonchev–Trinajstić information content (AvgIpc) is 3.12. The van der Waals surface area contributed by atoms with Crippen LogP contribution in [0.4, 0.5) is 10.1 Å². The Morgan fingerprint density at radius 2 is 1.96 bits per heavy atom. The molecule has 2 atom stereocenters. The summed E-state index contributed by atoms with van der Waals surface area (Å²) in [5, 5.41) is 3.90. The summed E-state index contributed by atoms with van der Waals surface area (Å²) in [7, 11) is 0. The van der Waals surface area contributed by atoms with Crippen molar-refractivity contribution < 1.29 is 9.18 Å². The van der Waals surface area contributed by atoms with E-state index in [9.17, 15) is 9.18 Å². The molecule has 126 valence electrons. The minimum Gasteiger partial charge on any atom is -0.324 e. The standard InChI is InChI=1S/C19H17FN4O/c20-14-7-5-12(6-8-14)18-16(11-22-24-18)19(25)23-15-9-13-3-1-2-4-17(13)21-10-15/h1-10,16,18,22,24H,11H2,(H,23,25). The van der Waals surface area contributed by atoms with Gasteiger partial charge in [0, 0.05) is 11.9 Å². The lowest BCUT2D eigenvalue weighted by Crippen LogP contribution is -2.29. The Hall–Kier alpha value is -2.83. The van der Waals surface area contributed by atoms with Crippen LogP contribution < -0.4 is 16.2 Å². The van der Waals surface area contributed by atoms with E-state index in [0.29, 0.717) is 12.2 Å². The number of fused-ring (bicyclic) bond motifs is 1. The highest BCUT2D eigenvalue weighted by molar-refractivity contribution is 5.95. The molecule has 1 aliphatic rings. The summed E-state index contributed by atoms with van der Waals surface area (Å²) in [5.41, 5.74) is 8.51. The normalized spacial score (nSPS) is 19.9. The van der Waals surface area contributed by atoms with Gasteiger partial charge in [0.1, 0.15) is 5.82 Å². The van der Waals surface area contributed by atoms with E-state index in [2.05, 4.69) is 21.2 Å². The number of nitrogens with zero attached hydrogens (tertiary/aromatic N) is 1. The lowest BCUT2D eigenvalue weighted by Gasteiger charge is -2.18. The maximum atomic E-state index is 13.1. The molecule has 2 heterocycles. The third kappa shape index (κ3) is 3.22. The number of hydrogen-bond donors (Lipinski definition) is 3. The third-order valence-corrected chi connectivity index (χ3v) is 4.41. The van der Waals surface area contributed by atoms with E-state index in [4.69, 9.17) is 0 Å². The maximum Gasteiger partial charge on any atom is 0.230 e. The van der Waals surface area contributed by atoms with Crippen LogP contribution in [0.3, 0.4) is 0 Å². The van der Waals surface area contributed by atoms with Gasteiger partial charge in [-0.1, -0.05) is 30.3 Å². The number of amides is 1. The average molecular weight is 336 g/mol. The number of para-hydroxylation sites is 1. The number of carbonyl (C=O) groups is 1. The number of aromatic nitrogens is 1. The lowest BCUT2D eigenvalue weighted by atomic mass is 9.94. The Balaban J connectivity index is 1.53. The van der Waals surface area contributed by atoms with Crippen molar-refractivity contribution in [3.63, 3.8) is 0 Å². The molecule has 6 heteroatoms. The summed E-state index contributed by atoms with van der Waals surface area (Å²) in [6, 6.07) is 15.6. The second-order valence-electron chi connectivity index (χ2n) is 6.07. The van der Waals surface area contributed by atoms with Gasteiger partial charge < -0.3 is 5.32 Å². The Kier molecular flexibility index (Phi) is 4.13. The number of pyridine rings is 1. The largest absolute Gasteiger partial charge is 0.324 e. The molecule has 2 aromatic carbocycles. The Bertz CT molecular complexity index is 913. The van der Waals surface area contributed by atoms with Gasteiger partial charge in [0.05, 0.1) is 29.4 Å². The van der Waals surface area contributed by atoms with Gasteiger partial charge in [-0.15, -0.1) is 0 Å². The number of benzene rings is 2. The first kappa shape index (κ1) is 15.7. The van der Waals surface area contributed by atoms with Crippen molar-refractivity contribution in [1.82, 2.24) is 15.8 Å². The number of carbonyl (C=O) groups excluding carboxylic acids is 1. The van der Waals surface area contributed by atoms with Gasteiger partial charge in [-0.05, 0) is 29.8 Å². The van der Waals surface area contributed by atoms with Crippen LogP contribution in [0.15, 0.2) is 60.8 Å². The van der Waals surface area contributed by atoms with E-state index in [0.717, 1.165) is 16.5 Å². The van der Waals surface area contributed by atoms with Crippen LogP contribution in [0.2, 0.25) is 0 Å². The van der Waals surface area contributed by atoms with Crippen LogP contribution in [0.1, 0.15) is 11.6 Å². The molecule has 2 unspecified atom stereocenters. The van der Waals surface area contributed by atoms with Crippen LogP contribution in [0, 0.1) is 11.7 Å². The summed E-state index contributed by atoms with van der Waals surface area (Å²) in [4.78, 5) is 17.1. The molecule has 1 fully saturated rings. The van der Waals surface area contributed by atoms with Crippen molar-refractivity contribution in [3.05, 3.63) is 72.2 Å². The SMILES string of the molecule is O=C(Nc1cnc2ccccc2c1)C1CNNC1c1ccc(F)cc1. The minimum absolute atomic E-state index is 0.107. The first-order chi connectivity index (χ1) is 12.2. The second kappa shape index (κ2) is 6.58. The molecule has 5 nitrogen and oxygen atoms in total. The number of hydrogen-bond acceptors (Lipinski definition) is 4. The predicted molar refractivity (Wildman–Crippen MR) is 94.1 cm³/mol. The van der Waals surface area contributed by atoms with E-state index < -0.39 is 0 Å². The smallest absolute Gasteiger partial charge is 0.230 e. The first-order valence-corrected chi connectivity index (χ1v) is 8.10. The minimum atomic E-state index is -0.308. The molecule has 0 spiro atoms. The molecule has 3 N–H and O–H groups in total. The monoisotopic (exact) mass is 336 g/mol. The number of anilines is 1. The number of rotatable bonds is 3. The van der Waals surface area contributed by atoms with Gasteiger partial charge in [0.25, 0.3) is 0 Å². The highest BCUT2D eigenvalue weighted by atomic mass is 19.1. The highest BCUT2D eigenvalue weighted by Crippen LogP contribution is 2.26. The molecule has 3 aromatic rings. The topological polar surface area (TPSA) is 66.0 Å². The molecule has 4 rings (SSSR count). The fourth-order valence-corrected chi connectivity index (χ4v) is 3.10. The van der Waals surface area contributed by atoms with Crippen LogP contribution in [-0.2, 0) is 4.79 Å². The van der Waals surface area contributed by atoms with E-state index >= 15 is 0 Å². The van der Waals surface area contributed by atoms with Gasteiger partial charge in [-0.25, -0.2) is 9.82 Å². The molecule has 0 radical (unpaired) electrons. The van der Waals surface area contributed by atoms with Crippen LogP contribution in [0.25, 0.3) is 10.9 Å². The Labute approximate surface area is 144 Å². The van der Waals surface area contributed by atoms with Crippen molar-refractivity contribution in [3.8, 4) is 0 Å². The molecule has 1 aliphatic heterocycles. The quantitative estimate of drug-likeness (QED) is 0.688. The molecule has 0 bridgehead atoms. The van der Waals surface area contributed by atoms with E-state index in [1.807, 2.05) is 30.3 Å². The summed E-state index contributed by atoms with van der Waals surface area (Å²) >= 11 is 0. The summed E-state index contributed by atoms with van der Waals surface area (Å²) < 4.78 is 13.1. The Morgan fingerprint density at radius 3 is 2.80 bits per heavy atom. The molecule has 25 heavy (non-hydrogen) atoms. The van der Waals surface area contributed by atoms with Crippen molar-refractivity contribution >= 4 is 22.5 Å². The molecular formula is C19H17FN4O. The summed E-state index contributed by atoms with van der Waals surface area (Å²) in [6.45, 7) is 0.495. The maximum absolute atomic E-state index is 13.1. The van der Waals surface area contributed by atoms with Crippen LogP contribution in [-0.4, -0.2) is 17.4 Å². The molecule has 0 saturated carbocycles. The zero-order chi connectivity index (χ0) is 17.2. The highest BCUT2D eigenvalue weighted by Gasteiger charge is 2.34. The molecular weight excluding hydrogens is 319 g/mol. The van der Waals surface area contributed by atoms with Gasteiger partial charge in [-0.3, -0.25) is 15.2 Å². The Morgan fingerprint density at radius 1 is 1.16 bits per heavy atom. The van der Waals surface area contributed by atoms with Crippen molar-refractivity contribution in [2.75, 3.05) is 11.9 Å². The first-order valence-electron chi connectivity index (χ1n) is 8.10. The zero-order valence-corrected chi connectivity index (χ0v) is 13.4. The molecule has 0 aliphatic carbocycles. The fraction of sp³-hybridized carbons (Fsp3) is 0.158. The van der Waals surface area contributed by atoms with Crippen molar-refractivity contribution in [1.29, 1.82) is 0 Å². The third-order valence-electron chi connectivity index (χ3n) is 4.41.